The maximum atomic E-state index is 12.3. The summed E-state index contributed by atoms with van der Waals surface area (Å²) in [5.74, 6) is 0.555. The number of hydrogen-bond acceptors (Lipinski definition) is 3. The van der Waals surface area contributed by atoms with Crippen molar-refractivity contribution in [1.82, 2.24) is 10.3 Å². The van der Waals surface area contributed by atoms with Gasteiger partial charge >= 0.3 is 0 Å². The zero-order chi connectivity index (χ0) is 15.4. The Morgan fingerprint density at radius 3 is 2.81 bits per heavy atom. The molecule has 21 heavy (non-hydrogen) atoms. The van der Waals surface area contributed by atoms with Crippen LogP contribution >= 0.6 is 12.2 Å². The summed E-state index contributed by atoms with van der Waals surface area (Å²) >= 11 is 5.13. The molecule has 0 aliphatic carbocycles. The Morgan fingerprint density at radius 1 is 1.38 bits per heavy atom. The van der Waals surface area contributed by atoms with Gasteiger partial charge in [0.2, 0.25) is 0 Å². The van der Waals surface area contributed by atoms with E-state index in [1.807, 2.05) is 32.0 Å². The molecule has 2 aromatic rings. The van der Waals surface area contributed by atoms with Crippen LogP contribution in [0, 0.1) is 11.6 Å². The van der Waals surface area contributed by atoms with Crippen molar-refractivity contribution in [1.29, 1.82) is 0 Å². The molecule has 0 saturated heterocycles. The molecular formula is C16H18N2O2S. The lowest BCUT2D eigenvalue weighted by molar-refractivity contribution is 0.0938. The van der Waals surface area contributed by atoms with Gasteiger partial charge in [0.1, 0.15) is 10.4 Å². The number of methoxy groups -OCH3 is 1. The molecule has 1 heterocycles. The highest BCUT2D eigenvalue weighted by atomic mass is 32.1. The molecule has 1 aromatic carbocycles. The van der Waals surface area contributed by atoms with E-state index in [0.717, 1.165) is 16.9 Å². The van der Waals surface area contributed by atoms with Gasteiger partial charge in [-0.2, -0.15) is 0 Å². The van der Waals surface area contributed by atoms with Crippen LogP contribution in [0.1, 0.15) is 34.5 Å². The van der Waals surface area contributed by atoms with Crippen LogP contribution in [0.4, 0.5) is 0 Å². The molecule has 0 fully saturated rings. The summed E-state index contributed by atoms with van der Waals surface area (Å²) in [6.07, 6.45) is 1.70. The Kier molecular flexibility index (Phi) is 4.75. The first-order valence-electron chi connectivity index (χ1n) is 6.66. The molecule has 2 N–H and O–H groups in total. The molecule has 1 amide bonds. The predicted octanol–water partition coefficient (Wildman–Crippen LogP) is 3.55. The number of rotatable bonds is 4. The Labute approximate surface area is 129 Å². The van der Waals surface area contributed by atoms with Gasteiger partial charge in [0.15, 0.2) is 0 Å². The quantitative estimate of drug-likeness (QED) is 0.849. The number of aryl methyl sites for hydroxylation is 1. The predicted molar refractivity (Wildman–Crippen MR) is 85.2 cm³/mol. The summed E-state index contributed by atoms with van der Waals surface area (Å²) in [5, 5.41) is 2.95. The van der Waals surface area contributed by atoms with Crippen molar-refractivity contribution < 1.29 is 9.53 Å². The zero-order valence-electron chi connectivity index (χ0n) is 12.3. The molecule has 5 heteroatoms. The van der Waals surface area contributed by atoms with E-state index in [0.29, 0.717) is 10.2 Å². The van der Waals surface area contributed by atoms with Gasteiger partial charge in [0, 0.05) is 11.8 Å². The number of aromatic amines is 1. The fourth-order valence-corrected chi connectivity index (χ4v) is 2.37. The summed E-state index contributed by atoms with van der Waals surface area (Å²) in [4.78, 5) is 15.1. The number of H-pyrrole nitrogens is 1. The third-order valence-electron chi connectivity index (χ3n) is 3.26. The van der Waals surface area contributed by atoms with Gasteiger partial charge in [0.25, 0.3) is 5.91 Å². The number of ether oxygens (including phenoxy) is 1. The van der Waals surface area contributed by atoms with Gasteiger partial charge in [0.05, 0.1) is 18.7 Å². The number of aromatic nitrogens is 1. The molecule has 1 aromatic heterocycles. The summed E-state index contributed by atoms with van der Waals surface area (Å²) < 4.78 is 5.78. The molecule has 110 valence electrons. The van der Waals surface area contributed by atoms with E-state index in [2.05, 4.69) is 10.3 Å². The van der Waals surface area contributed by atoms with E-state index in [9.17, 15) is 4.79 Å². The van der Waals surface area contributed by atoms with Crippen molar-refractivity contribution in [2.24, 2.45) is 0 Å². The fraction of sp³-hybridized carbons (Fsp3) is 0.250. The van der Waals surface area contributed by atoms with Crippen LogP contribution in [0.15, 0.2) is 36.5 Å². The largest absolute Gasteiger partial charge is 0.496 e. The molecule has 0 saturated carbocycles. The Balaban J connectivity index is 2.24. The lowest BCUT2D eigenvalue weighted by Gasteiger charge is -2.18. The van der Waals surface area contributed by atoms with Crippen LogP contribution in [0.25, 0.3) is 0 Å². The molecule has 1 atom stereocenters. The van der Waals surface area contributed by atoms with Crippen molar-refractivity contribution in [3.8, 4) is 5.75 Å². The monoisotopic (exact) mass is 302 g/mol. The third kappa shape index (κ3) is 3.49. The number of carbonyl (C=O) groups is 1. The second-order valence-corrected chi connectivity index (χ2v) is 5.26. The second kappa shape index (κ2) is 6.54. The highest BCUT2D eigenvalue weighted by Gasteiger charge is 2.16. The summed E-state index contributed by atoms with van der Waals surface area (Å²) in [6.45, 7) is 3.93. The van der Waals surface area contributed by atoms with Crippen LogP contribution in [-0.2, 0) is 0 Å². The second-order valence-electron chi connectivity index (χ2n) is 4.85. The molecule has 0 radical (unpaired) electrons. The number of carbonyl (C=O) groups excluding carboxylic acids is 1. The van der Waals surface area contributed by atoms with E-state index in [-0.39, 0.29) is 11.9 Å². The molecule has 0 aliphatic heterocycles. The molecule has 0 aliphatic rings. The van der Waals surface area contributed by atoms with Gasteiger partial charge < -0.3 is 15.0 Å². The molecule has 4 nitrogen and oxygen atoms in total. The average Bonchev–Trinajstić information content (AvgIpc) is 2.47. The SMILES string of the molecule is COc1ccc(C)cc1C(C)NC(=O)c1ccc[nH]c1=S. The fourth-order valence-electron chi connectivity index (χ4n) is 2.14. The average molecular weight is 302 g/mol. The highest BCUT2D eigenvalue weighted by molar-refractivity contribution is 7.71. The summed E-state index contributed by atoms with van der Waals surface area (Å²) in [5.41, 5.74) is 2.52. The zero-order valence-corrected chi connectivity index (χ0v) is 13.1. The van der Waals surface area contributed by atoms with Gasteiger partial charge in [-0.3, -0.25) is 4.79 Å². The van der Waals surface area contributed by atoms with Crippen molar-refractivity contribution in [3.05, 3.63) is 57.9 Å². The standard InChI is InChI=1S/C16H18N2O2S/c1-10-6-7-14(20-3)13(9-10)11(2)18-15(19)12-5-4-8-17-16(12)21/h4-9,11H,1-3H3,(H,17,21)(H,18,19). The van der Waals surface area contributed by atoms with Gasteiger partial charge in [-0.1, -0.05) is 29.9 Å². The number of nitrogens with one attached hydrogen (secondary N) is 2. The van der Waals surface area contributed by atoms with E-state index in [4.69, 9.17) is 17.0 Å². The minimum atomic E-state index is -0.201. The van der Waals surface area contributed by atoms with Crippen molar-refractivity contribution in [2.45, 2.75) is 19.9 Å². The molecular weight excluding hydrogens is 284 g/mol. The number of hydrogen-bond donors (Lipinski definition) is 2. The van der Waals surface area contributed by atoms with Gasteiger partial charge in [-0.25, -0.2) is 0 Å². The van der Waals surface area contributed by atoms with Crippen LogP contribution in [0.5, 0.6) is 5.75 Å². The van der Waals surface area contributed by atoms with E-state index < -0.39 is 0 Å². The van der Waals surface area contributed by atoms with Gasteiger partial charge in [-0.15, -0.1) is 0 Å². The van der Waals surface area contributed by atoms with Crippen molar-refractivity contribution >= 4 is 18.1 Å². The number of benzene rings is 1. The van der Waals surface area contributed by atoms with Crippen LogP contribution in [-0.4, -0.2) is 18.0 Å². The highest BCUT2D eigenvalue weighted by Crippen LogP contribution is 2.26. The maximum Gasteiger partial charge on any atom is 0.254 e. The molecule has 0 spiro atoms. The minimum Gasteiger partial charge on any atom is -0.496 e. The van der Waals surface area contributed by atoms with Crippen LogP contribution < -0.4 is 10.1 Å². The first-order valence-corrected chi connectivity index (χ1v) is 7.07. The first kappa shape index (κ1) is 15.3. The maximum absolute atomic E-state index is 12.3. The minimum absolute atomic E-state index is 0.179. The molecule has 1 unspecified atom stereocenters. The normalized spacial score (nSPS) is 11.8. The molecule has 2 rings (SSSR count). The molecule has 0 bridgehead atoms. The van der Waals surface area contributed by atoms with Crippen LogP contribution in [0.3, 0.4) is 0 Å². The van der Waals surface area contributed by atoms with E-state index >= 15 is 0 Å². The Bertz CT molecular complexity index is 709. The number of pyridine rings is 1. The van der Waals surface area contributed by atoms with Crippen molar-refractivity contribution in [3.63, 3.8) is 0 Å². The smallest absolute Gasteiger partial charge is 0.254 e. The number of amides is 1. The van der Waals surface area contributed by atoms with Crippen molar-refractivity contribution in [2.75, 3.05) is 7.11 Å². The van der Waals surface area contributed by atoms with Crippen LogP contribution in [0.2, 0.25) is 0 Å². The summed E-state index contributed by atoms with van der Waals surface area (Å²) in [6, 6.07) is 9.17. The Hall–Kier alpha value is -2.14. The summed E-state index contributed by atoms with van der Waals surface area (Å²) in [7, 11) is 1.62. The third-order valence-corrected chi connectivity index (χ3v) is 3.60. The van der Waals surface area contributed by atoms with Gasteiger partial charge in [-0.05, 0) is 32.0 Å². The Morgan fingerprint density at radius 2 is 2.14 bits per heavy atom. The topological polar surface area (TPSA) is 54.1 Å². The first-order chi connectivity index (χ1) is 10.0. The lowest BCUT2D eigenvalue weighted by Crippen LogP contribution is -2.27. The van der Waals surface area contributed by atoms with E-state index in [1.165, 1.54) is 0 Å². The van der Waals surface area contributed by atoms with E-state index in [1.54, 1.807) is 25.4 Å². The lowest BCUT2D eigenvalue weighted by atomic mass is 10.0.